The fourth-order valence-electron chi connectivity index (χ4n) is 5.00. The third-order valence-electron chi connectivity index (χ3n) is 7.25. The number of benzene rings is 3. The van der Waals surface area contributed by atoms with Crippen LogP contribution in [0.15, 0.2) is 72.8 Å². The van der Waals surface area contributed by atoms with Gasteiger partial charge in [0.2, 0.25) is 5.91 Å². The van der Waals surface area contributed by atoms with E-state index in [0.717, 1.165) is 29.0 Å². The molecule has 0 bridgehead atoms. The van der Waals surface area contributed by atoms with Crippen LogP contribution >= 0.6 is 0 Å². The van der Waals surface area contributed by atoms with Gasteiger partial charge in [0.15, 0.2) is 0 Å². The van der Waals surface area contributed by atoms with Crippen molar-refractivity contribution in [1.82, 2.24) is 10.6 Å². The van der Waals surface area contributed by atoms with Crippen LogP contribution in [0.3, 0.4) is 0 Å². The molecule has 3 aromatic rings. The van der Waals surface area contributed by atoms with E-state index in [1.807, 2.05) is 74.5 Å². The van der Waals surface area contributed by atoms with Gasteiger partial charge in [-0.3, -0.25) is 9.59 Å². The lowest BCUT2D eigenvalue weighted by Crippen LogP contribution is -2.49. The summed E-state index contributed by atoms with van der Waals surface area (Å²) in [6.07, 6.45) is 0.930. The first-order chi connectivity index (χ1) is 19.4. The van der Waals surface area contributed by atoms with Gasteiger partial charge in [-0.2, -0.15) is 0 Å². The SMILES string of the molecule is CCNc1cc(C(=O)N[C@@H](Cc2ccccc2)[C@H](O)CN[C@H](C)c2cccc(OC)c2)cc(N2CCCC2=O)c1. The molecule has 0 spiro atoms. The van der Waals surface area contributed by atoms with Crippen LogP contribution in [0, 0.1) is 0 Å². The van der Waals surface area contributed by atoms with Gasteiger partial charge in [-0.15, -0.1) is 0 Å². The summed E-state index contributed by atoms with van der Waals surface area (Å²) in [5, 5.41) is 21.0. The van der Waals surface area contributed by atoms with Gasteiger partial charge in [0.05, 0.1) is 19.3 Å². The number of ether oxygens (including phenoxy) is 1. The fourth-order valence-corrected chi connectivity index (χ4v) is 5.00. The molecule has 1 heterocycles. The van der Waals surface area contributed by atoms with E-state index in [9.17, 15) is 14.7 Å². The highest BCUT2D eigenvalue weighted by Gasteiger charge is 2.26. The average Bonchev–Trinajstić information content (AvgIpc) is 3.41. The number of amides is 2. The van der Waals surface area contributed by atoms with Crippen LogP contribution in [0.1, 0.15) is 54.2 Å². The molecule has 8 nitrogen and oxygen atoms in total. The zero-order chi connectivity index (χ0) is 28.5. The number of hydrogen-bond acceptors (Lipinski definition) is 6. The Hall–Kier alpha value is -3.88. The molecule has 0 saturated carbocycles. The Bertz CT molecular complexity index is 1280. The predicted octanol–water partition coefficient (Wildman–Crippen LogP) is 4.31. The molecule has 0 aliphatic carbocycles. The maximum atomic E-state index is 13.6. The molecule has 4 N–H and O–H groups in total. The van der Waals surface area contributed by atoms with Crippen LogP contribution in [0.4, 0.5) is 11.4 Å². The lowest BCUT2D eigenvalue weighted by molar-refractivity contribution is -0.117. The Morgan fingerprint density at radius 2 is 1.88 bits per heavy atom. The van der Waals surface area contributed by atoms with Crippen LogP contribution in [0.5, 0.6) is 5.75 Å². The van der Waals surface area contributed by atoms with Gasteiger partial charge >= 0.3 is 0 Å². The number of rotatable bonds is 13. The molecule has 40 heavy (non-hydrogen) atoms. The number of aliphatic hydroxyl groups excluding tert-OH is 1. The largest absolute Gasteiger partial charge is 0.497 e. The molecule has 0 aromatic heterocycles. The Morgan fingerprint density at radius 3 is 2.58 bits per heavy atom. The molecular formula is C32H40N4O4. The van der Waals surface area contributed by atoms with E-state index in [2.05, 4.69) is 16.0 Å². The maximum Gasteiger partial charge on any atom is 0.251 e. The standard InChI is InChI=1S/C32H40N4O4/c1-4-33-26-17-25(18-27(20-26)36-15-9-14-31(36)38)32(39)35-29(16-23-10-6-5-7-11-23)30(37)21-34-22(2)24-12-8-13-28(19-24)40-3/h5-8,10-13,17-20,22,29-30,33-34,37H,4,9,14-16,21H2,1-3H3,(H,35,39)/t22-,29+,30-/m1/s1. The number of methoxy groups -OCH3 is 1. The topological polar surface area (TPSA) is 103 Å². The van der Waals surface area contributed by atoms with Crippen molar-refractivity contribution in [3.63, 3.8) is 0 Å². The summed E-state index contributed by atoms with van der Waals surface area (Å²) in [6, 6.07) is 22.5. The third kappa shape index (κ3) is 7.61. The zero-order valence-corrected chi connectivity index (χ0v) is 23.5. The molecule has 1 fully saturated rings. The molecule has 1 aliphatic heterocycles. The van der Waals surface area contributed by atoms with Gasteiger partial charge in [0, 0.05) is 49.0 Å². The van der Waals surface area contributed by atoms with Crippen LogP contribution < -0.4 is 25.6 Å². The summed E-state index contributed by atoms with van der Waals surface area (Å²) < 4.78 is 5.34. The highest BCUT2D eigenvalue weighted by Crippen LogP contribution is 2.27. The van der Waals surface area contributed by atoms with E-state index in [-0.39, 0.29) is 24.4 Å². The van der Waals surface area contributed by atoms with Crippen molar-refractivity contribution in [2.75, 3.05) is 37.0 Å². The summed E-state index contributed by atoms with van der Waals surface area (Å²) in [7, 11) is 1.64. The third-order valence-corrected chi connectivity index (χ3v) is 7.25. The smallest absolute Gasteiger partial charge is 0.251 e. The normalized spacial score (nSPS) is 15.4. The second kappa shape index (κ2) is 14.0. The maximum absolute atomic E-state index is 13.6. The first-order valence-electron chi connectivity index (χ1n) is 14.0. The molecule has 3 aromatic carbocycles. The molecule has 4 rings (SSSR count). The van der Waals surface area contributed by atoms with E-state index >= 15 is 0 Å². The van der Waals surface area contributed by atoms with E-state index in [1.165, 1.54) is 0 Å². The van der Waals surface area contributed by atoms with Crippen LogP contribution in [-0.2, 0) is 11.2 Å². The van der Waals surface area contributed by atoms with Gasteiger partial charge in [0.25, 0.3) is 5.91 Å². The zero-order valence-electron chi connectivity index (χ0n) is 23.5. The summed E-state index contributed by atoms with van der Waals surface area (Å²) >= 11 is 0. The summed E-state index contributed by atoms with van der Waals surface area (Å²) in [6.45, 7) is 5.62. The molecule has 1 aliphatic rings. The summed E-state index contributed by atoms with van der Waals surface area (Å²) in [5.41, 5.74) is 3.98. The van der Waals surface area contributed by atoms with Crippen molar-refractivity contribution in [2.24, 2.45) is 0 Å². The fraction of sp³-hybridized carbons (Fsp3) is 0.375. The second-order valence-corrected chi connectivity index (χ2v) is 10.2. The van der Waals surface area contributed by atoms with Gasteiger partial charge in [-0.25, -0.2) is 0 Å². The van der Waals surface area contributed by atoms with Crippen LogP contribution in [0.25, 0.3) is 0 Å². The van der Waals surface area contributed by atoms with Crippen molar-refractivity contribution in [3.05, 3.63) is 89.5 Å². The number of anilines is 2. The Morgan fingerprint density at radius 1 is 1.07 bits per heavy atom. The number of carbonyl (C=O) groups is 2. The monoisotopic (exact) mass is 544 g/mol. The Kier molecular flexibility index (Phi) is 10.2. The summed E-state index contributed by atoms with van der Waals surface area (Å²) in [4.78, 5) is 27.7. The number of aliphatic hydroxyl groups is 1. The Labute approximate surface area is 236 Å². The lowest BCUT2D eigenvalue weighted by atomic mass is 9.99. The lowest BCUT2D eigenvalue weighted by Gasteiger charge is -2.27. The predicted molar refractivity (Wildman–Crippen MR) is 159 cm³/mol. The molecule has 1 saturated heterocycles. The van der Waals surface area contributed by atoms with Gasteiger partial charge in [0.1, 0.15) is 5.75 Å². The van der Waals surface area contributed by atoms with E-state index < -0.39 is 12.1 Å². The molecular weight excluding hydrogens is 504 g/mol. The molecule has 2 amide bonds. The molecule has 0 unspecified atom stereocenters. The quantitative estimate of drug-likeness (QED) is 0.256. The molecule has 3 atom stereocenters. The molecule has 0 radical (unpaired) electrons. The van der Waals surface area contributed by atoms with E-state index in [1.54, 1.807) is 24.1 Å². The van der Waals surface area contributed by atoms with Gasteiger partial charge in [-0.1, -0.05) is 42.5 Å². The minimum absolute atomic E-state index is 0.0322. The first-order valence-corrected chi connectivity index (χ1v) is 14.0. The Balaban J connectivity index is 1.52. The number of nitrogens with one attached hydrogen (secondary N) is 3. The summed E-state index contributed by atoms with van der Waals surface area (Å²) in [5.74, 6) is 0.540. The minimum atomic E-state index is -0.853. The highest BCUT2D eigenvalue weighted by atomic mass is 16.5. The van der Waals surface area contributed by atoms with E-state index in [0.29, 0.717) is 37.2 Å². The molecule has 212 valence electrons. The highest BCUT2D eigenvalue weighted by molar-refractivity contribution is 6.00. The number of hydrogen-bond donors (Lipinski definition) is 4. The number of carbonyl (C=O) groups excluding carboxylic acids is 2. The van der Waals surface area contributed by atoms with Gasteiger partial charge < -0.3 is 30.7 Å². The van der Waals surface area contributed by atoms with Crippen molar-refractivity contribution in [3.8, 4) is 5.75 Å². The second-order valence-electron chi connectivity index (χ2n) is 10.2. The first kappa shape index (κ1) is 29.1. The van der Waals surface area contributed by atoms with Crippen molar-refractivity contribution < 1.29 is 19.4 Å². The van der Waals surface area contributed by atoms with Crippen LogP contribution in [0.2, 0.25) is 0 Å². The van der Waals surface area contributed by atoms with Crippen LogP contribution in [-0.4, -0.2) is 55.8 Å². The van der Waals surface area contributed by atoms with Crippen molar-refractivity contribution >= 4 is 23.2 Å². The minimum Gasteiger partial charge on any atom is -0.497 e. The number of nitrogens with zero attached hydrogens (tertiary/aromatic N) is 1. The van der Waals surface area contributed by atoms with Crippen molar-refractivity contribution in [1.29, 1.82) is 0 Å². The average molecular weight is 545 g/mol. The molecule has 8 heteroatoms. The van der Waals surface area contributed by atoms with Gasteiger partial charge in [-0.05, 0) is 68.1 Å². The van der Waals surface area contributed by atoms with Crippen molar-refractivity contribution in [2.45, 2.75) is 51.3 Å². The van der Waals surface area contributed by atoms with E-state index in [4.69, 9.17) is 4.74 Å².